The van der Waals surface area contributed by atoms with E-state index in [1.165, 1.54) is 0 Å². The highest BCUT2D eigenvalue weighted by Crippen LogP contribution is 2.55. The SMILES string of the molecule is CN1CCCC2(C(F)(F)F)CCCC=C12. The molecule has 15 heavy (non-hydrogen) atoms. The van der Waals surface area contributed by atoms with Crippen LogP contribution >= 0.6 is 0 Å². The van der Waals surface area contributed by atoms with Crippen molar-refractivity contribution in [3.8, 4) is 0 Å². The molecule has 0 amide bonds. The van der Waals surface area contributed by atoms with Gasteiger partial charge in [0.2, 0.25) is 0 Å². The second kappa shape index (κ2) is 3.42. The van der Waals surface area contributed by atoms with E-state index >= 15 is 0 Å². The molecule has 1 saturated heterocycles. The summed E-state index contributed by atoms with van der Waals surface area (Å²) < 4.78 is 39.5. The van der Waals surface area contributed by atoms with Gasteiger partial charge >= 0.3 is 6.18 Å². The topological polar surface area (TPSA) is 3.24 Å². The van der Waals surface area contributed by atoms with Crippen LogP contribution in [0.25, 0.3) is 0 Å². The molecule has 1 unspecified atom stereocenters. The van der Waals surface area contributed by atoms with Crippen LogP contribution < -0.4 is 0 Å². The fourth-order valence-corrected chi connectivity index (χ4v) is 2.91. The van der Waals surface area contributed by atoms with Gasteiger partial charge in [0.25, 0.3) is 0 Å². The van der Waals surface area contributed by atoms with Gasteiger partial charge in [0, 0.05) is 19.3 Å². The van der Waals surface area contributed by atoms with Gasteiger partial charge in [-0.3, -0.25) is 0 Å². The van der Waals surface area contributed by atoms with E-state index < -0.39 is 11.6 Å². The van der Waals surface area contributed by atoms with Crippen LogP contribution in [0.5, 0.6) is 0 Å². The van der Waals surface area contributed by atoms with E-state index in [1.54, 1.807) is 18.0 Å². The monoisotopic (exact) mass is 219 g/mol. The first-order valence-electron chi connectivity index (χ1n) is 5.46. The van der Waals surface area contributed by atoms with Crippen LogP contribution in [-0.2, 0) is 0 Å². The zero-order valence-electron chi connectivity index (χ0n) is 8.90. The molecule has 1 aliphatic carbocycles. The highest BCUT2D eigenvalue weighted by atomic mass is 19.4. The molecule has 4 heteroatoms. The van der Waals surface area contributed by atoms with E-state index in [-0.39, 0.29) is 12.8 Å². The lowest BCUT2D eigenvalue weighted by molar-refractivity contribution is -0.227. The quantitative estimate of drug-likeness (QED) is 0.604. The minimum absolute atomic E-state index is 0.271. The number of hydrogen-bond donors (Lipinski definition) is 0. The van der Waals surface area contributed by atoms with Crippen molar-refractivity contribution in [1.82, 2.24) is 4.90 Å². The number of hydrogen-bond acceptors (Lipinski definition) is 1. The molecule has 2 aliphatic rings. The van der Waals surface area contributed by atoms with Crippen LogP contribution in [0.3, 0.4) is 0 Å². The minimum Gasteiger partial charge on any atom is -0.377 e. The largest absolute Gasteiger partial charge is 0.399 e. The fourth-order valence-electron chi connectivity index (χ4n) is 2.91. The van der Waals surface area contributed by atoms with Gasteiger partial charge in [-0.25, -0.2) is 0 Å². The molecule has 1 nitrogen and oxygen atoms in total. The first-order chi connectivity index (χ1) is 6.97. The molecule has 2 rings (SSSR count). The molecule has 0 bridgehead atoms. The summed E-state index contributed by atoms with van der Waals surface area (Å²) in [5.74, 6) is 0. The van der Waals surface area contributed by atoms with Crippen molar-refractivity contribution < 1.29 is 13.2 Å². The summed E-state index contributed by atoms with van der Waals surface area (Å²) in [6, 6.07) is 0. The number of allylic oxidation sites excluding steroid dienone is 2. The highest BCUT2D eigenvalue weighted by molar-refractivity contribution is 5.21. The smallest absolute Gasteiger partial charge is 0.377 e. The molecule has 0 aromatic carbocycles. The summed E-state index contributed by atoms with van der Waals surface area (Å²) in [7, 11) is 1.77. The number of alkyl halides is 3. The standard InChI is InChI=1S/C11H16F3N/c1-15-8-4-7-10(11(12,13)14)6-3-2-5-9(10)15/h5H,2-4,6-8H2,1H3. The molecule has 0 spiro atoms. The number of fused-ring (bicyclic) bond motifs is 1. The first kappa shape index (κ1) is 10.8. The number of halogens is 3. The molecule has 0 aromatic rings. The fraction of sp³-hybridized carbons (Fsp3) is 0.818. The van der Waals surface area contributed by atoms with Gasteiger partial charge in [-0.1, -0.05) is 6.08 Å². The van der Waals surface area contributed by atoms with Gasteiger partial charge in [-0.05, 0) is 32.1 Å². The normalized spacial score (nSPS) is 32.3. The van der Waals surface area contributed by atoms with E-state index in [0.717, 1.165) is 13.0 Å². The Morgan fingerprint density at radius 3 is 2.53 bits per heavy atom. The van der Waals surface area contributed by atoms with Crippen molar-refractivity contribution in [2.24, 2.45) is 5.41 Å². The van der Waals surface area contributed by atoms with Crippen LogP contribution in [0, 0.1) is 5.41 Å². The predicted octanol–water partition coefficient (Wildman–Crippen LogP) is 3.33. The van der Waals surface area contributed by atoms with Crippen LogP contribution in [0.1, 0.15) is 32.1 Å². The average molecular weight is 219 g/mol. The summed E-state index contributed by atoms with van der Waals surface area (Å²) in [6.07, 6.45) is 0.338. The highest BCUT2D eigenvalue weighted by Gasteiger charge is 2.58. The Bertz CT molecular complexity index is 282. The van der Waals surface area contributed by atoms with Gasteiger partial charge < -0.3 is 4.90 Å². The molecule has 1 heterocycles. The van der Waals surface area contributed by atoms with E-state index in [2.05, 4.69) is 0 Å². The summed E-state index contributed by atoms with van der Waals surface area (Å²) in [5.41, 5.74) is -1.01. The van der Waals surface area contributed by atoms with E-state index in [1.807, 2.05) is 0 Å². The van der Waals surface area contributed by atoms with Crippen LogP contribution in [-0.4, -0.2) is 24.7 Å². The molecule has 0 aromatic heterocycles. The van der Waals surface area contributed by atoms with E-state index in [0.29, 0.717) is 18.5 Å². The number of nitrogens with zero attached hydrogens (tertiary/aromatic N) is 1. The lowest BCUT2D eigenvalue weighted by Crippen LogP contribution is -2.49. The van der Waals surface area contributed by atoms with Gasteiger partial charge in [-0.15, -0.1) is 0 Å². The molecule has 1 fully saturated rings. The maximum atomic E-state index is 13.2. The summed E-state index contributed by atoms with van der Waals surface area (Å²) >= 11 is 0. The zero-order valence-corrected chi connectivity index (χ0v) is 8.90. The molecule has 0 N–H and O–H groups in total. The van der Waals surface area contributed by atoms with Crippen molar-refractivity contribution in [1.29, 1.82) is 0 Å². The molecule has 1 atom stereocenters. The number of rotatable bonds is 0. The second-order valence-corrected chi connectivity index (χ2v) is 4.59. The zero-order chi connectivity index (χ0) is 11.1. The van der Waals surface area contributed by atoms with E-state index in [4.69, 9.17) is 0 Å². The van der Waals surface area contributed by atoms with Crippen LogP contribution in [0.4, 0.5) is 13.2 Å². The Kier molecular flexibility index (Phi) is 2.47. The average Bonchev–Trinajstić information content (AvgIpc) is 2.17. The van der Waals surface area contributed by atoms with Gasteiger partial charge in [-0.2, -0.15) is 13.2 Å². The maximum Gasteiger partial charge on any atom is 0.399 e. The Balaban J connectivity index is 2.41. The third-order valence-corrected chi connectivity index (χ3v) is 3.69. The maximum absolute atomic E-state index is 13.2. The van der Waals surface area contributed by atoms with Gasteiger partial charge in [0.05, 0.1) is 0 Å². The lowest BCUT2D eigenvalue weighted by Gasteiger charge is -2.47. The molecule has 0 radical (unpaired) electrons. The van der Waals surface area contributed by atoms with Crippen molar-refractivity contribution >= 4 is 0 Å². The van der Waals surface area contributed by atoms with Crippen molar-refractivity contribution in [2.75, 3.05) is 13.6 Å². The van der Waals surface area contributed by atoms with Gasteiger partial charge in [0.1, 0.15) is 5.41 Å². The third-order valence-electron chi connectivity index (χ3n) is 3.69. The summed E-state index contributed by atoms with van der Waals surface area (Å²) in [5, 5.41) is 0. The lowest BCUT2D eigenvalue weighted by atomic mass is 9.69. The number of piperidine rings is 1. The second-order valence-electron chi connectivity index (χ2n) is 4.59. The Hall–Kier alpha value is -0.670. The summed E-state index contributed by atoms with van der Waals surface area (Å²) in [4.78, 5) is 1.79. The molecular formula is C11H16F3N. The molecular weight excluding hydrogens is 203 g/mol. The Labute approximate surface area is 87.9 Å². The van der Waals surface area contributed by atoms with Crippen LogP contribution in [0.15, 0.2) is 11.8 Å². The Morgan fingerprint density at radius 1 is 1.27 bits per heavy atom. The number of likely N-dealkylation sites (tertiary alicyclic amines) is 1. The molecule has 1 aliphatic heterocycles. The van der Waals surface area contributed by atoms with Gasteiger partial charge in [0.15, 0.2) is 0 Å². The van der Waals surface area contributed by atoms with Crippen molar-refractivity contribution in [2.45, 2.75) is 38.3 Å². The van der Waals surface area contributed by atoms with Crippen LogP contribution in [0.2, 0.25) is 0 Å². The van der Waals surface area contributed by atoms with E-state index in [9.17, 15) is 13.2 Å². The molecule has 86 valence electrons. The third kappa shape index (κ3) is 1.54. The molecule has 0 saturated carbocycles. The predicted molar refractivity (Wildman–Crippen MR) is 52.3 cm³/mol. The summed E-state index contributed by atoms with van der Waals surface area (Å²) in [6.45, 7) is 0.754. The van der Waals surface area contributed by atoms with Crippen molar-refractivity contribution in [3.63, 3.8) is 0 Å². The Morgan fingerprint density at radius 2 is 1.93 bits per heavy atom. The minimum atomic E-state index is -4.09. The van der Waals surface area contributed by atoms with Crippen molar-refractivity contribution in [3.05, 3.63) is 11.8 Å². The first-order valence-corrected chi connectivity index (χ1v) is 5.46.